The van der Waals surface area contributed by atoms with Crippen molar-refractivity contribution in [2.45, 2.75) is 30.7 Å². The second kappa shape index (κ2) is 5.16. The van der Waals surface area contributed by atoms with Crippen LogP contribution in [0.4, 0.5) is 5.69 Å². The largest absolute Gasteiger partial charge is 0.395 e. The standard InChI is InChI=1S/C13H14ClN3S/c1-7-4-5-8(2)10(6-7)18-12-11(15)9(3)16-13(14)17-12/h4-6H,15H2,1-3H3. The number of hydrogen-bond donors (Lipinski definition) is 1. The number of aryl methyl sites for hydroxylation is 3. The van der Waals surface area contributed by atoms with Crippen LogP contribution in [-0.4, -0.2) is 9.97 Å². The molecule has 94 valence electrons. The second-order valence-electron chi connectivity index (χ2n) is 4.17. The van der Waals surface area contributed by atoms with E-state index in [4.69, 9.17) is 17.3 Å². The highest BCUT2D eigenvalue weighted by atomic mass is 35.5. The van der Waals surface area contributed by atoms with Gasteiger partial charge in [0.2, 0.25) is 5.28 Å². The summed E-state index contributed by atoms with van der Waals surface area (Å²) in [7, 11) is 0. The minimum Gasteiger partial charge on any atom is -0.395 e. The van der Waals surface area contributed by atoms with Crippen LogP contribution in [-0.2, 0) is 0 Å². The van der Waals surface area contributed by atoms with Crippen molar-refractivity contribution in [3.63, 3.8) is 0 Å². The molecule has 1 aromatic heterocycles. The van der Waals surface area contributed by atoms with Gasteiger partial charge in [-0.15, -0.1) is 0 Å². The van der Waals surface area contributed by atoms with Crippen LogP contribution < -0.4 is 5.73 Å². The first-order chi connectivity index (χ1) is 8.47. The SMILES string of the molecule is Cc1ccc(C)c(Sc2nc(Cl)nc(C)c2N)c1. The summed E-state index contributed by atoms with van der Waals surface area (Å²) in [5.41, 5.74) is 9.68. The Kier molecular flexibility index (Phi) is 3.78. The van der Waals surface area contributed by atoms with Gasteiger partial charge in [-0.25, -0.2) is 9.97 Å². The Labute approximate surface area is 116 Å². The third kappa shape index (κ3) is 2.76. The van der Waals surface area contributed by atoms with Crippen molar-refractivity contribution >= 4 is 29.1 Å². The molecule has 1 aromatic carbocycles. The molecule has 5 heteroatoms. The Hall–Kier alpha value is -1.26. The minimum atomic E-state index is 0.231. The summed E-state index contributed by atoms with van der Waals surface area (Å²) < 4.78 is 0. The molecule has 2 rings (SSSR count). The zero-order valence-electron chi connectivity index (χ0n) is 10.5. The molecule has 2 N–H and O–H groups in total. The summed E-state index contributed by atoms with van der Waals surface area (Å²) in [4.78, 5) is 9.36. The predicted molar refractivity (Wildman–Crippen MR) is 76.2 cm³/mol. The Bertz CT molecular complexity index is 599. The van der Waals surface area contributed by atoms with Crippen molar-refractivity contribution in [1.29, 1.82) is 0 Å². The predicted octanol–water partition coefficient (Wildman–Crippen LogP) is 3.79. The van der Waals surface area contributed by atoms with Crippen molar-refractivity contribution < 1.29 is 0 Å². The lowest BCUT2D eigenvalue weighted by Gasteiger charge is -2.09. The van der Waals surface area contributed by atoms with Crippen LogP contribution in [0.15, 0.2) is 28.1 Å². The van der Waals surface area contributed by atoms with E-state index in [1.54, 1.807) is 0 Å². The number of benzene rings is 1. The third-order valence-electron chi connectivity index (χ3n) is 2.62. The van der Waals surface area contributed by atoms with Gasteiger partial charge in [0.05, 0.1) is 11.4 Å². The lowest BCUT2D eigenvalue weighted by molar-refractivity contribution is 1.02. The topological polar surface area (TPSA) is 51.8 Å². The first-order valence-electron chi connectivity index (χ1n) is 5.52. The molecular weight excluding hydrogens is 266 g/mol. The second-order valence-corrected chi connectivity index (χ2v) is 5.54. The van der Waals surface area contributed by atoms with Gasteiger partial charge < -0.3 is 5.73 Å². The molecule has 0 fully saturated rings. The van der Waals surface area contributed by atoms with Crippen LogP contribution >= 0.6 is 23.4 Å². The average Bonchev–Trinajstić information content (AvgIpc) is 2.30. The molecule has 0 atom stereocenters. The molecular formula is C13H14ClN3S. The average molecular weight is 280 g/mol. The summed E-state index contributed by atoms with van der Waals surface area (Å²) >= 11 is 7.39. The smallest absolute Gasteiger partial charge is 0.223 e. The highest BCUT2D eigenvalue weighted by molar-refractivity contribution is 7.99. The van der Waals surface area contributed by atoms with Gasteiger partial charge in [0.1, 0.15) is 5.03 Å². The summed E-state index contributed by atoms with van der Waals surface area (Å²) in [6.07, 6.45) is 0. The zero-order chi connectivity index (χ0) is 13.3. The maximum absolute atomic E-state index is 5.98. The van der Waals surface area contributed by atoms with E-state index in [-0.39, 0.29) is 5.28 Å². The molecule has 1 heterocycles. The van der Waals surface area contributed by atoms with Gasteiger partial charge in [-0.3, -0.25) is 0 Å². The number of nitrogens with two attached hydrogens (primary N) is 1. The number of hydrogen-bond acceptors (Lipinski definition) is 4. The van der Waals surface area contributed by atoms with Gasteiger partial charge in [-0.2, -0.15) is 0 Å². The van der Waals surface area contributed by atoms with Gasteiger partial charge >= 0.3 is 0 Å². The number of nitrogens with zero attached hydrogens (tertiary/aromatic N) is 2. The molecule has 0 unspecified atom stereocenters. The van der Waals surface area contributed by atoms with Crippen molar-refractivity contribution in [3.05, 3.63) is 40.3 Å². The molecule has 0 bridgehead atoms. The quantitative estimate of drug-likeness (QED) is 0.671. The van der Waals surface area contributed by atoms with Crippen molar-refractivity contribution in [2.24, 2.45) is 0 Å². The zero-order valence-corrected chi connectivity index (χ0v) is 12.1. The van der Waals surface area contributed by atoms with E-state index in [0.717, 1.165) is 4.90 Å². The number of halogens is 1. The first-order valence-corrected chi connectivity index (χ1v) is 6.71. The number of anilines is 1. The van der Waals surface area contributed by atoms with Gasteiger partial charge in [0.25, 0.3) is 0 Å². The van der Waals surface area contributed by atoms with Crippen LogP contribution in [0.5, 0.6) is 0 Å². The first kappa shape index (κ1) is 13.2. The molecule has 2 aromatic rings. The molecule has 0 saturated carbocycles. The molecule has 0 spiro atoms. The lowest BCUT2D eigenvalue weighted by atomic mass is 10.2. The maximum Gasteiger partial charge on any atom is 0.223 e. The van der Waals surface area contributed by atoms with E-state index in [1.165, 1.54) is 22.9 Å². The lowest BCUT2D eigenvalue weighted by Crippen LogP contribution is -1.99. The highest BCUT2D eigenvalue weighted by Crippen LogP contribution is 2.34. The molecule has 0 aliphatic carbocycles. The Morgan fingerprint density at radius 1 is 1.17 bits per heavy atom. The fourth-order valence-corrected chi connectivity index (χ4v) is 2.85. The molecule has 0 aliphatic heterocycles. The number of rotatable bonds is 2. The summed E-state index contributed by atoms with van der Waals surface area (Å²) in [6.45, 7) is 5.95. The number of nitrogen functional groups attached to an aromatic ring is 1. The molecule has 0 amide bonds. The van der Waals surface area contributed by atoms with Gasteiger partial charge in [-0.05, 0) is 49.6 Å². The van der Waals surface area contributed by atoms with Crippen LogP contribution in [0.2, 0.25) is 5.28 Å². The summed E-state index contributed by atoms with van der Waals surface area (Å²) in [5, 5.41) is 0.940. The summed E-state index contributed by atoms with van der Waals surface area (Å²) in [6, 6.07) is 6.29. The normalized spacial score (nSPS) is 10.7. The maximum atomic E-state index is 5.98. The molecule has 0 aliphatic rings. The fraction of sp³-hybridized carbons (Fsp3) is 0.231. The molecule has 18 heavy (non-hydrogen) atoms. The van der Waals surface area contributed by atoms with Crippen molar-refractivity contribution in [1.82, 2.24) is 9.97 Å². The van der Waals surface area contributed by atoms with E-state index in [0.29, 0.717) is 16.4 Å². The van der Waals surface area contributed by atoms with Crippen molar-refractivity contribution in [3.8, 4) is 0 Å². The molecule has 0 radical (unpaired) electrons. The Morgan fingerprint density at radius 2 is 1.89 bits per heavy atom. The van der Waals surface area contributed by atoms with Gasteiger partial charge in [-0.1, -0.05) is 23.9 Å². The highest BCUT2D eigenvalue weighted by Gasteiger charge is 2.10. The minimum absolute atomic E-state index is 0.231. The van der Waals surface area contributed by atoms with Crippen molar-refractivity contribution in [2.75, 3.05) is 5.73 Å². The van der Waals surface area contributed by atoms with Gasteiger partial charge in [0, 0.05) is 4.90 Å². The van der Waals surface area contributed by atoms with Crippen LogP contribution in [0.3, 0.4) is 0 Å². The summed E-state index contributed by atoms with van der Waals surface area (Å²) in [5.74, 6) is 0. The van der Waals surface area contributed by atoms with Crippen LogP contribution in [0, 0.1) is 20.8 Å². The molecule has 0 saturated heterocycles. The van der Waals surface area contributed by atoms with Gasteiger partial charge in [0.15, 0.2) is 0 Å². The van der Waals surface area contributed by atoms with E-state index in [9.17, 15) is 0 Å². The third-order valence-corrected chi connectivity index (χ3v) is 3.96. The van der Waals surface area contributed by atoms with Crippen LogP contribution in [0.1, 0.15) is 16.8 Å². The monoisotopic (exact) mass is 279 g/mol. The van der Waals surface area contributed by atoms with E-state index >= 15 is 0 Å². The van der Waals surface area contributed by atoms with E-state index in [2.05, 4.69) is 42.0 Å². The molecule has 3 nitrogen and oxygen atoms in total. The van der Waals surface area contributed by atoms with E-state index in [1.807, 2.05) is 6.92 Å². The fourth-order valence-electron chi connectivity index (χ4n) is 1.52. The number of aromatic nitrogens is 2. The Balaban J connectivity index is 2.43. The van der Waals surface area contributed by atoms with E-state index < -0.39 is 0 Å². The Morgan fingerprint density at radius 3 is 2.61 bits per heavy atom. The van der Waals surface area contributed by atoms with Crippen LogP contribution in [0.25, 0.3) is 0 Å².